The zero-order chi connectivity index (χ0) is 13.1. The molecule has 2 rings (SSSR count). The Morgan fingerprint density at radius 3 is 2.56 bits per heavy atom. The fourth-order valence-electron chi connectivity index (χ4n) is 1.55. The van der Waals surface area contributed by atoms with Crippen LogP contribution in [0.5, 0.6) is 0 Å². The van der Waals surface area contributed by atoms with Crippen molar-refractivity contribution in [2.75, 3.05) is 0 Å². The maximum Gasteiger partial charge on any atom is 0.116 e. The van der Waals surface area contributed by atoms with Crippen LogP contribution in [-0.4, -0.2) is 14.8 Å². The molecule has 0 aliphatic rings. The van der Waals surface area contributed by atoms with Gasteiger partial charge in [0.2, 0.25) is 0 Å². The standard InChI is InChI=1S/C13H16N4S/c1-3-13(14)16-11-6-4-10(5-7-11)12-8-17(18)9(2)15-12/h4-8,18H,3H2,1-2H3,(H2,14,16). The number of rotatable bonds is 3. The van der Waals surface area contributed by atoms with Gasteiger partial charge < -0.3 is 5.73 Å². The largest absolute Gasteiger partial charge is 0.387 e. The first-order valence-electron chi connectivity index (χ1n) is 5.79. The molecule has 0 fully saturated rings. The highest BCUT2D eigenvalue weighted by atomic mass is 32.1. The van der Waals surface area contributed by atoms with Crippen molar-refractivity contribution < 1.29 is 0 Å². The Morgan fingerprint density at radius 1 is 1.39 bits per heavy atom. The smallest absolute Gasteiger partial charge is 0.116 e. The van der Waals surface area contributed by atoms with Crippen molar-refractivity contribution in [1.29, 1.82) is 0 Å². The summed E-state index contributed by atoms with van der Waals surface area (Å²) in [6, 6.07) is 7.84. The molecule has 1 aromatic carbocycles. The number of amidine groups is 1. The second kappa shape index (κ2) is 5.27. The van der Waals surface area contributed by atoms with E-state index in [1.54, 1.807) is 3.97 Å². The van der Waals surface area contributed by atoms with Gasteiger partial charge in [-0.25, -0.2) is 9.98 Å². The van der Waals surface area contributed by atoms with Crippen molar-refractivity contribution in [2.24, 2.45) is 10.7 Å². The van der Waals surface area contributed by atoms with Gasteiger partial charge in [0.1, 0.15) is 5.82 Å². The molecule has 2 N–H and O–H groups in total. The second-order valence-electron chi connectivity index (χ2n) is 4.02. The van der Waals surface area contributed by atoms with E-state index in [0.29, 0.717) is 5.84 Å². The van der Waals surface area contributed by atoms with Crippen molar-refractivity contribution in [3.8, 4) is 11.3 Å². The highest BCUT2D eigenvalue weighted by Crippen LogP contribution is 2.22. The van der Waals surface area contributed by atoms with Crippen molar-refractivity contribution in [3.05, 3.63) is 36.3 Å². The number of hydrogen-bond acceptors (Lipinski definition) is 3. The molecular weight excluding hydrogens is 244 g/mol. The second-order valence-corrected chi connectivity index (χ2v) is 4.45. The van der Waals surface area contributed by atoms with Crippen LogP contribution in [0.1, 0.15) is 19.2 Å². The number of benzene rings is 1. The van der Waals surface area contributed by atoms with Crippen LogP contribution in [0, 0.1) is 6.92 Å². The number of aryl methyl sites for hydroxylation is 1. The normalized spacial score (nSPS) is 11.8. The van der Waals surface area contributed by atoms with Gasteiger partial charge >= 0.3 is 0 Å². The lowest BCUT2D eigenvalue weighted by Crippen LogP contribution is -2.08. The van der Waals surface area contributed by atoms with Gasteiger partial charge in [-0.2, -0.15) is 0 Å². The maximum absolute atomic E-state index is 5.70. The molecule has 0 amide bonds. The molecule has 0 aliphatic heterocycles. The number of nitrogens with zero attached hydrogens (tertiary/aromatic N) is 3. The minimum atomic E-state index is 0.637. The maximum atomic E-state index is 5.70. The minimum absolute atomic E-state index is 0.637. The van der Waals surface area contributed by atoms with E-state index in [1.165, 1.54) is 0 Å². The number of aromatic nitrogens is 2. The van der Waals surface area contributed by atoms with E-state index in [-0.39, 0.29) is 0 Å². The summed E-state index contributed by atoms with van der Waals surface area (Å²) in [6.45, 7) is 3.90. The molecule has 0 saturated carbocycles. The summed E-state index contributed by atoms with van der Waals surface area (Å²) in [5.41, 5.74) is 8.51. The van der Waals surface area contributed by atoms with E-state index in [9.17, 15) is 0 Å². The molecule has 4 nitrogen and oxygen atoms in total. The van der Waals surface area contributed by atoms with Crippen LogP contribution in [-0.2, 0) is 0 Å². The molecule has 1 heterocycles. The average molecular weight is 260 g/mol. The van der Waals surface area contributed by atoms with Gasteiger partial charge in [-0.1, -0.05) is 31.9 Å². The lowest BCUT2D eigenvalue weighted by atomic mass is 10.1. The SMILES string of the molecule is CCC(N)=Nc1ccc(-c2cn(S)c(C)n2)cc1. The lowest BCUT2D eigenvalue weighted by Gasteiger charge is -1.99. The van der Waals surface area contributed by atoms with Crippen LogP contribution >= 0.6 is 12.8 Å². The third-order valence-electron chi connectivity index (χ3n) is 2.66. The molecule has 18 heavy (non-hydrogen) atoms. The first kappa shape index (κ1) is 12.7. The van der Waals surface area contributed by atoms with Crippen molar-refractivity contribution in [3.63, 3.8) is 0 Å². The van der Waals surface area contributed by atoms with Crippen LogP contribution in [0.4, 0.5) is 5.69 Å². The van der Waals surface area contributed by atoms with Gasteiger partial charge in [0.05, 0.1) is 17.2 Å². The van der Waals surface area contributed by atoms with Gasteiger partial charge in [-0.3, -0.25) is 3.97 Å². The summed E-state index contributed by atoms with van der Waals surface area (Å²) in [5, 5.41) is 0. The average Bonchev–Trinajstić information content (AvgIpc) is 2.70. The molecule has 2 aromatic rings. The number of aliphatic imine (C=N–C) groups is 1. The zero-order valence-electron chi connectivity index (χ0n) is 10.5. The molecule has 0 radical (unpaired) electrons. The summed E-state index contributed by atoms with van der Waals surface area (Å²) in [5.74, 6) is 1.50. The van der Waals surface area contributed by atoms with Crippen LogP contribution in [0.15, 0.2) is 35.5 Å². The van der Waals surface area contributed by atoms with Gasteiger partial charge in [0, 0.05) is 18.2 Å². The van der Waals surface area contributed by atoms with Crippen molar-refractivity contribution in [2.45, 2.75) is 20.3 Å². The van der Waals surface area contributed by atoms with E-state index < -0.39 is 0 Å². The summed E-state index contributed by atoms with van der Waals surface area (Å²) in [7, 11) is 0. The lowest BCUT2D eigenvalue weighted by molar-refractivity contribution is 1.10. The summed E-state index contributed by atoms with van der Waals surface area (Å²) in [4.78, 5) is 8.70. The predicted octanol–water partition coefficient (Wildman–Crippen LogP) is 2.95. The fourth-order valence-corrected chi connectivity index (χ4v) is 1.71. The third kappa shape index (κ3) is 2.73. The highest BCUT2D eigenvalue weighted by Gasteiger charge is 2.04. The zero-order valence-corrected chi connectivity index (χ0v) is 11.4. The molecule has 94 valence electrons. The van der Waals surface area contributed by atoms with Gasteiger partial charge in [0.25, 0.3) is 0 Å². The monoisotopic (exact) mass is 260 g/mol. The first-order valence-corrected chi connectivity index (χ1v) is 6.19. The molecule has 0 atom stereocenters. The minimum Gasteiger partial charge on any atom is -0.387 e. The molecule has 0 aliphatic carbocycles. The molecule has 0 bridgehead atoms. The Bertz CT molecular complexity index is 550. The van der Waals surface area contributed by atoms with Crippen LogP contribution in [0.3, 0.4) is 0 Å². The van der Waals surface area contributed by atoms with Crippen molar-refractivity contribution >= 4 is 24.3 Å². The first-order chi connectivity index (χ1) is 8.60. The Kier molecular flexibility index (Phi) is 3.72. The molecule has 0 saturated heterocycles. The Hall–Kier alpha value is -1.75. The number of thiol groups is 1. The Morgan fingerprint density at radius 2 is 2.06 bits per heavy atom. The summed E-state index contributed by atoms with van der Waals surface area (Å²) >= 11 is 4.26. The van der Waals surface area contributed by atoms with E-state index in [2.05, 4.69) is 22.8 Å². The molecular formula is C13H16N4S. The highest BCUT2D eigenvalue weighted by molar-refractivity contribution is 7.78. The Balaban J connectivity index is 2.27. The van der Waals surface area contributed by atoms with Gasteiger partial charge in [-0.15, -0.1) is 0 Å². The Labute approximate surface area is 112 Å². The van der Waals surface area contributed by atoms with Crippen LogP contribution < -0.4 is 5.73 Å². The molecule has 0 unspecified atom stereocenters. The van der Waals surface area contributed by atoms with E-state index in [4.69, 9.17) is 5.73 Å². The van der Waals surface area contributed by atoms with E-state index in [1.807, 2.05) is 44.3 Å². The fraction of sp³-hybridized carbons (Fsp3) is 0.231. The molecule has 5 heteroatoms. The van der Waals surface area contributed by atoms with Gasteiger partial charge in [0.15, 0.2) is 0 Å². The van der Waals surface area contributed by atoms with Crippen LogP contribution in [0.25, 0.3) is 11.3 Å². The molecule has 0 spiro atoms. The molecule has 1 aromatic heterocycles. The quantitative estimate of drug-likeness (QED) is 0.506. The third-order valence-corrected chi connectivity index (χ3v) is 3.06. The number of imidazole rings is 1. The summed E-state index contributed by atoms with van der Waals surface area (Å²) < 4.78 is 1.70. The van der Waals surface area contributed by atoms with Gasteiger partial charge in [-0.05, 0) is 19.1 Å². The number of hydrogen-bond donors (Lipinski definition) is 2. The predicted molar refractivity (Wildman–Crippen MR) is 78.4 cm³/mol. The number of nitrogens with two attached hydrogens (primary N) is 1. The van der Waals surface area contributed by atoms with E-state index in [0.717, 1.165) is 29.2 Å². The van der Waals surface area contributed by atoms with E-state index >= 15 is 0 Å². The summed E-state index contributed by atoms with van der Waals surface area (Å²) in [6.07, 6.45) is 2.64. The van der Waals surface area contributed by atoms with Crippen LogP contribution in [0.2, 0.25) is 0 Å². The van der Waals surface area contributed by atoms with Crippen molar-refractivity contribution in [1.82, 2.24) is 8.96 Å². The topological polar surface area (TPSA) is 56.2 Å².